The van der Waals surface area contributed by atoms with Crippen LogP contribution in [0, 0.1) is 5.92 Å². The average Bonchev–Trinajstić information content (AvgIpc) is 3.65. The topological polar surface area (TPSA) is 17.8 Å². The first kappa shape index (κ1) is 32.4. The minimum absolute atomic E-state index is 0.444. The predicted molar refractivity (Wildman–Crippen MR) is 237 cm³/mol. The van der Waals surface area contributed by atoms with Crippen LogP contribution in [0.25, 0.3) is 106 Å². The first-order valence-electron chi connectivity index (χ1n) is 19.6. The van der Waals surface area contributed by atoms with E-state index in [9.17, 15) is 0 Å². The van der Waals surface area contributed by atoms with Crippen LogP contribution in [0.3, 0.4) is 0 Å². The fourth-order valence-electron chi connectivity index (χ4n) is 8.93. The van der Waals surface area contributed by atoms with E-state index >= 15 is 0 Å². The van der Waals surface area contributed by atoms with Gasteiger partial charge in [-0.15, -0.1) is 0 Å². The van der Waals surface area contributed by atoms with Crippen molar-refractivity contribution >= 4 is 55.5 Å². The lowest BCUT2D eigenvalue weighted by Gasteiger charge is -2.20. The zero-order valence-corrected chi connectivity index (χ0v) is 31.2. The van der Waals surface area contributed by atoms with Gasteiger partial charge < -0.3 is 0 Å². The summed E-state index contributed by atoms with van der Waals surface area (Å²) in [6.07, 6.45) is 6.03. The Morgan fingerprint density at radius 2 is 1.04 bits per heavy atom. The Kier molecular flexibility index (Phi) is 7.57. The van der Waals surface area contributed by atoms with Crippen molar-refractivity contribution < 1.29 is 0 Å². The van der Waals surface area contributed by atoms with Crippen LogP contribution in [0.15, 0.2) is 182 Å². The molecule has 0 saturated carbocycles. The Hall–Kier alpha value is -7.03. The van der Waals surface area contributed by atoms with Crippen LogP contribution in [-0.2, 0) is 0 Å². The molecule has 11 rings (SSSR count). The summed E-state index contributed by atoms with van der Waals surface area (Å²) in [7, 11) is 0. The lowest BCUT2D eigenvalue weighted by molar-refractivity contribution is 0.801. The van der Waals surface area contributed by atoms with Crippen molar-refractivity contribution in [3.8, 4) is 50.5 Å². The molecule has 0 saturated heterocycles. The van der Waals surface area contributed by atoms with Gasteiger partial charge in [-0.1, -0.05) is 159 Å². The molecule has 264 valence electrons. The maximum atomic E-state index is 5.13. The molecule has 0 fully saturated rings. The standard InChI is InChI=1S/C54H38N2/c1-35-19-29-46-48(31-35)53(44-27-23-37-12-6-8-14-41(37)33-44)49-34-42(28-30-47(49)52(46)43-26-22-36-11-5-7-13-40(36)32-43)38-20-24-39(25-21-38)54-55-50-17-9-10-18-51(50)56(54)45-15-3-2-4-16-45/h2-18,20-35H,19H2,1H3. The maximum Gasteiger partial charge on any atom is 0.145 e. The van der Waals surface area contributed by atoms with E-state index < -0.39 is 0 Å². The van der Waals surface area contributed by atoms with Crippen molar-refractivity contribution in [3.63, 3.8) is 0 Å². The molecule has 2 nitrogen and oxygen atoms in total. The summed E-state index contributed by atoms with van der Waals surface area (Å²) in [5, 5.41) is 10.3. The monoisotopic (exact) mass is 714 g/mol. The van der Waals surface area contributed by atoms with E-state index in [1.165, 1.54) is 76.1 Å². The smallest absolute Gasteiger partial charge is 0.145 e. The first-order chi connectivity index (χ1) is 27.7. The van der Waals surface area contributed by atoms with Gasteiger partial charge in [0.2, 0.25) is 0 Å². The first-order valence-corrected chi connectivity index (χ1v) is 19.6. The lowest BCUT2D eigenvalue weighted by atomic mass is 9.83. The summed E-state index contributed by atoms with van der Waals surface area (Å²) < 4.78 is 2.27. The number of hydrogen-bond donors (Lipinski definition) is 0. The van der Waals surface area contributed by atoms with Gasteiger partial charge in [0.25, 0.3) is 0 Å². The van der Waals surface area contributed by atoms with E-state index in [2.05, 4.69) is 206 Å². The summed E-state index contributed by atoms with van der Waals surface area (Å²) in [4.78, 5) is 5.13. The molecule has 1 aromatic heterocycles. The third-order valence-corrected chi connectivity index (χ3v) is 11.7. The fraction of sp³-hybridized carbons (Fsp3) is 0.0556. The third kappa shape index (κ3) is 5.37. The zero-order chi connectivity index (χ0) is 37.2. The van der Waals surface area contributed by atoms with Gasteiger partial charge in [0.05, 0.1) is 11.0 Å². The Morgan fingerprint density at radius 1 is 0.464 bits per heavy atom. The molecule has 1 heterocycles. The van der Waals surface area contributed by atoms with Crippen LogP contribution in [0.2, 0.25) is 0 Å². The van der Waals surface area contributed by atoms with E-state index in [1.54, 1.807) is 0 Å². The molecule has 1 atom stereocenters. The third-order valence-electron chi connectivity index (χ3n) is 11.7. The molecule has 1 unspecified atom stereocenters. The lowest BCUT2D eigenvalue weighted by Crippen LogP contribution is -2.33. The van der Waals surface area contributed by atoms with Gasteiger partial charge >= 0.3 is 0 Å². The van der Waals surface area contributed by atoms with Gasteiger partial charge in [-0.2, -0.15) is 0 Å². The number of imidazole rings is 1. The highest BCUT2D eigenvalue weighted by Gasteiger charge is 2.20. The maximum absolute atomic E-state index is 5.13. The highest BCUT2D eigenvalue weighted by atomic mass is 15.1. The molecule has 0 bridgehead atoms. The van der Waals surface area contributed by atoms with E-state index in [0.29, 0.717) is 5.92 Å². The molecule has 0 spiro atoms. The van der Waals surface area contributed by atoms with Gasteiger partial charge in [-0.05, 0) is 131 Å². The Bertz CT molecular complexity index is 3280. The number of rotatable bonds is 5. The molecule has 56 heavy (non-hydrogen) atoms. The number of benzene rings is 9. The Balaban J connectivity index is 1.14. The summed E-state index contributed by atoms with van der Waals surface area (Å²) in [5.74, 6) is 1.38. The highest BCUT2D eigenvalue weighted by Crippen LogP contribution is 2.38. The van der Waals surface area contributed by atoms with Crippen LogP contribution in [-0.4, -0.2) is 9.55 Å². The van der Waals surface area contributed by atoms with Gasteiger partial charge in [0, 0.05) is 11.3 Å². The van der Waals surface area contributed by atoms with Crippen LogP contribution in [0.4, 0.5) is 0 Å². The van der Waals surface area contributed by atoms with Gasteiger partial charge in [0.15, 0.2) is 0 Å². The zero-order valence-electron chi connectivity index (χ0n) is 31.2. The van der Waals surface area contributed by atoms with Gasteiger partial charge in [-0.25, -0.2) is 4.98 Å². The number of hydrogen-bond acceptors (Lipinski definition) is 1. The Morgan fingerprint density at radius 3 is 1.75 bits per heavy atom. The molecule has 0 radical (unpaired) electrons. The van der Waals surface area contributed by atoms with Crippen LogP contribution in [0.1, 0.15) is 13.3 Å². The second-order valence-electron chi connectivity index (χ2n) is 15.2. The van der Waals surface area contributed by atoms with Crippen molar-refractivity contribution in [1.29, 1.82) is 0 Å². The average molecular weight is 715 g/mol. The second-order valence-corrected chi connectivity index (χ2v) is 15.2. The van der Waals surface area contributed by atoms with Crippen molar-refractivity contribution in [2.24, 2.45) is 5.92 Å². The van der Waals surface area contributed by atoms with Crippen molar-refractivity contribution in [2.45, 2.75) is 13.3 Å². The molecule has 0 aliphatic heterocycles. The summed E-state index contributed by atoms with van der Waals surface area (Å²) in [6.45, 7) is 2.34. The largest absolute Gasteiger partial charge is 0.292 e. The van der Waals surface area contributed by atoms with E-state index in [4.69, 9.17) is 4.98 Å². The van der Waals surface area contributed by atoms with Gasteiger partial charge in [-0.3, -0.25) is 4.57 Å². The minimum Gasteiger partial charge on any atom is -0.292 e. The molecule has 9 aromatic carbocycles. The Labute approximate surface area is 326 Å². The normalized spacial score (nSPS) is 13.8. The molecule has 10 aromatic rings. The molecule has 0 amide bonds. The van der Waals surface area contributed by atoms with E-state index in [1.807, 2.05) is 0 Å². The van der Waals surface area contributed by atoms with Gasteiger partial charge in [0.1, 0.15) is 5.82 Å². The van der Waals surface area contributed by atoms with Crippen molar-refractivity contribution in [2.75, 3.05) is 0 Å². The minimum atomic E-state index is 0.444. The van der Waals surface area contributed by atoms with E-state index in [-0.39, 0.29) is 0 Å². The van der Waals surface area contributed by atoms with Crippen LogP contribution < -0.4 is 10.4 Å². The number of aromatic nitrogens is 2. The molecule has 1 aliphatic rings. The number of para-hydroxylation sites is 3. The van der Waals surface area contributed by atoms with Crippen molar-refractivity contribution in [3.05, 3.63) is 192 Å². The summed E-state index contributed by atoms with van der Waals surface area (Å²) >= 11 is 0. The molecular weight excluding hydrogens is 677 g/mol. The molecule has 2 heteroatoms. The predicted octanol–water partition coefficient (Wildman–Crippen LogP) is 12.8. The molecule has 0 N–H and O–H groups in total. The second kappa shape index (κ2) is 13.1. The van der Waals surface area contributed by atoms with Crippen LogP contribution in [0.5, 0.6) is 0 Å². The summed E-state index contributed by atoms with van der Waals surface area (Å²) in [5.41, 5.74) is 11.8. The van der Waals surface area contributed by atoms with E-state index in [0.717, 1.165) is 34.5 Å². The number of nitrogens with zero attached hydrogens (tertiary/aromatic N) is 2. The highest BCUT2D eigenvalue weighted by molar-refractivity contribution is 6.09. The van der Waals surface area contributed by atoms with Crippen molar-refractivity contribution in [1.82, 2.24) is 9.55 Å². The fourth-order valence-corrected chi connectivity index (χ4v) is 8.93. The molecule has 1 aliphatic carbocycles. The molecular formula is C54H38N2. The SMILES string of the molecule is CC1C=c2c(-c3ccc4ccccc4c3)c3cc(-c4ccc(-c5nc6ccccc6n5-c5ccccc5)cc4)ccc3c(-c3ccc4ccccc4c3)c2=CC1. The quantitative estimate of drug-likeness (QED) is 0.174. The number of fused-ring (bicyclic) bond motifs is 5. The van der Waals surface area contributed by atoms with Crippen LogP contribution >= 0.6 is 0 Å². The summed E-state index contributed by atoms with van der Waals surface area (Å²) in [6, 6.07) is 66.3.